The molecule has 0 radical (unpaired) electrons. The molecule has 0 saturated heterocycles. The number of hydrogen-bond donors (Lipinski definition) is 0. The van der Waals surface area contributed by atoms with Gasteiger partial charge in [0.25, 0.3) is 0 Å². The van der Waals surface area contributed by atoms with E-state index >= 15 is 0 Å². The Labute approximate surface area is 395 Å². The van der Waals surface area contributed by atoms with Crippen molar-refractivity contribution >= 4 is 82.5 Å². The van der Waals surface area contributed by atoms with Gasteiger partial charge in [-0.25, -0.2) is 24.5 Å². The number of aromatic nitrogens is 5. The molecule has 0 fully saturated rings. The van der Waals surface area contributed by atoms with E-state index in [-0.39, 0.29) is 0 Å². The summed E-state index contributed by atoms with van der Waals surface area (Å²) < 4.78 is 6.91. The summed E-state index contributed by atoms with van der Waals surface area (Å²) in [6, 6.07) is 70.0. The van der Waals surface area contributed by atoms with E-state index in [0.717, 1.165) is 60.9 Å². The average Bonchev–Trinajstić information content (AvgIpc) is 4.05. The summed E-state index contributed by atoms with van der Waals surface area (Å²) in [6.45, 7) is 24.5. The lowest BCUT2D eigenvalue weighted by Crippen LogP contribution is -1.98. The topological polar surface area (TPSA) is 53.6 Å². The normalized spacial score (nSPS) is 11.4. The fraction of sp³-hybridized carbons (Fsp3) is 0. The summed E-state index contributed by atoms with van der Waals surface area (Å²) in [5.74, 6) is 0.364. The molecule has 69 heavy (non-hydrogen) atoms. The summed E-state index contributed by atoms with van der Waals surface area (Å²) in [5, 5.41) is 6.88. The van der Waals surface area contributed by atoms with Crippen LogP contribution in [-0.4, -0.2) is 23.7 Å². The molecule has 8 heteroatoms. The molecule has 0 N–H and O–H groups in total. The predicted molar refractivity (Wildman–Crippen MR) is 280 cm³/mol. The van der Waals surface area contributed by atoms with Crippen LogP contribution in [0.3, 0.4) is 0 Å². The number of nitrogens with zero attached hydrogens (tertiary/aromatic N) is 8. The van der Waals surface area contributed by atoms with E-state index in [9.17, 15) is 0 Å². The largest absolute Gasteiger partial charge is 0.319 e. The Morgan fingerprint density at radius 3 is 1.25 bits per heavy atom. The van der Waals surface area contributed by atoms with E-state index < -0.39 is 0 Å². The number of fused-ring (bicyclic) bond motifs is 9. The van der Waals surface area contributed by atoms with Crippen LogP contribution in [0.25, 0.3) is 131 Å². The fourth-order valence-corrected chi connectivity index (χ4v) is 10.3. The van der Waals surface area contributed by atoms with Gasteiger partial charge >= 0.3 is 0 Å². The number of hydrogen-bond acceptors (Lipinski definition) is 2. The Hall–Kier alpha value is -10.1. The Morgan fingerprint density at radius 1 is 0.319 bits per heavy atom. The SMILES string of the molecule is [C-]#[N+]c1ccccc1-c1cc(-c2ccc(-n3c4ccc(-n5c6ccccc6c6ccccc65)cc4c4cc(-n5c6ccccc6c6ccccc65)ccc43)c([N+]#[C-])c2)nc(-c2ccccc2[N+]#[C-])n1. The minimum Gasteiger partial charge on any atom is -0.319 e. The van der Waals surface area contributed by atoms with Gasteiger partial charge in [-0.15, -0.1) is 0 Å². The smallest absolute Gasteiger partial charge is 0.211 e. The molecular formula is C61H34N8. The van der Waals surface area contributed by atoms with Crippen molar-refractivity contribution in [2.24, 2.45) is 0 Å². The first-order chi connectivity index (χ1) is 34.1. The quantitative estimate of drug-likeness (QED) is 0.156. The summed E-state index contributed by atoms with van der Waals surface area (Å²) in [4.78, 5) is 21.7. The van der Waals surface area contributed by atoms with Crippen molar-refractivity contribution in [3.05, 3.63) is 241 Å². The van der Waals surface area contributed by atoms with E-state index in [0.29, 0.717) is 51.0 Å². The lowest BCUT2D eigenvalue weighted by atomic mass is 10.0. The van der Waals surface area contributed by atoms with Gasteiger partial charge in [-0.2, -0.15) is 0 Å². The molecule has 0 amide bonds. The molecule has 9 aromatic carbocycles. The molecular weight excluding hydrogens is 845 g/mol. The third-order valence-corrected chi connectivity index (χ3v) is 13.3. The van der Waals surface area contributed by atoms with Crippen molar-refractivity contribution in [1.29, 1.82) is 0 Å². The van der Waals surface area contributed by atoms with E-state index in [1.165, 1.54) is 21.5 Å². The summed E-state index contributed by atoms with van der Waals surface area (Å²) >= 11 is 0. The minimum absolute atomic E-state index is 0.364. The zero-order valence-corrected chi connectivity index (χ0v) is 36.7. The highest BCUT2D eigenvalue weighted by atomic mass is 15.0. The Balaban J connectivity index is 1.05. The molecule has 0 bridgehead atoms. The maximum absolute atomic E-state index is 8.69. The first-order valence-electron chi connectivity index (χ1n) is 22.5. The standard InChI is InChI=1S/C61H34N8/c1-62-49-22-10-4-20-45(49)52-37-51(65-61(66-52)46-21-5-11-23-50(46)63-2)38-28-31-60(53(34-38)64-3)69-58-32-29-39(67-54-24-12-6-16-41(54)42-17-7-13-25-55(42)67)35-47(58)48-36-40(30-33-59(48)69)68-56-26-14-8-18-43(56)44-19-9-15-27-57(44)68/h4-37H. The monoisotopic (exact) mass is 878 g/mol. The van der Waals surface area contributed by atoms with Crippen LogP contribution in [-0.2, 0) is 0 Å². The van der Waals surface area contributed by atoms with Crippen molar-refractivity contribution in [1.82, 2.24) is 23.7 Å². The molecule has 0 atom stereocenters. The van der Waals surface area contributed by atoms with Crippen molar-refractivity contribution in [3.63, 3.8) is 0 Å². The van der Waals surface area contributed by atoms with Crippen molar-refractivity contribution < 1.29 is 0 Å². The lowest BCUT2D eigenvalue weighted by molar-refractivity contribution is 1.16. The van der Waals surface area contributed by atoms with Crippen molar-refractivity contribution in [2.75, 3.05) is 0 Å². The van der Waals surface area contributed by atoms with Crippen LogP contribution in [0.4, 0.5) is 17.1 Å². The number of para-hydroxylation sites is 6. The molecule has 0 aliphatic carbocycles. The van der Waals surface area contributed by atoms with Crippen LogP contribution < -0.4 is 0 Å². The van der Waals surface area contributed by atoms with Crippen molar-refractivity contribution in [3.8, 4) is 51.0 Å². The number of benzene rings is 9. The number of rotatable bonds is 6. The highest BCUT2D eigenvalue weighted by Gasteiger charge is 2.22. The molecule has 0 aliphatic heterocycles. The van der Waals surface area contributed by atoms with E-state index in [1.807, 2.05) is 60.7 Å². The van der Waals surface area contributed by atoms with Gasteiger partial charge < -0.3 is 13.7 Å². The zero-order valence-electron chi connectivity index (χ0n) is 36.7. The Kier molecular flexibility index (Phi) is 8.85. The molecule has 0 spiro atoms. The van der Waals surface area contributed by atoms with Gasteiger partial charge in [-0.1, -0.05) is 127 Å². The van der Waals surface area contributed by atoms with Crippen LogP contribution in [0.1, 0.15) is 0 Å². The second-order valence-corrected chi connectivity index (χ2v) is 17.0. The molecule has 0 aliphatic rings. The van der Waals surface area contributed by atoms with Crippen LogP contribution in [0.15, 0.2) is 206 Å². The highest BCUT2D eigenvalue weighted by Crippen LogP contribution is 2.43. The van der Waals surface area contributed by atoms with Gasteiger partial charge in [0.1, 0.15) is 5.82 Å². The maximum atomic E-state index is 8.69. The van der Waals surface area contributed by atoms with Gasteiger partial charge in [0, 0.05) is 54.8 Å². The zero-order chi connectivity index (χ0) is 46.2. The van der Waals surface area contributed by atoms with Crippen molar-refractivity contribution in [2.45, 2.75) is 0 Å². The Morgan fingerprint density at radius 2 is 0.739 bits per heavy atom. The van der Waals surface area contributed by atoms with Crippen LogP contribution in [0, 0.1) is 19.7 Å². The Bertz CT molecular complexity index is 4080. The fourth-order valence-electron chi connectivity index (χ4n) is 10.3. The summed E-state index contributed by atoms with van der Waals surface area (Å²) in [6.07, 6.45) is 0. The molecule has 13 rings (SSSR count). The first-order valence-corrected chi connectivity index (χ1v) is 22.5. The van der Waals surface area contributed by atoms with Crippen LogP contribution in [0.2, 0.25) is 0 Å². The summed E-state index contributed by atoms with van der Waals surface area (Å²) in [5.41, 5.74) is 13.6. The second-order valence-electron chi connectivity index (χ2n) is 17.0. The maximum Gasteiger partial charge on any atom is 0.211 e. The first kappa shape index (κ1) is 39.3. The minimum atomic E-state index is 0.364. The molecule has 4 aromatic heterocycles. The van der Waals surface area contributed by atoms with Gasteiger partial charge in [0.15, 0.2) is 11.4 Å². The lowest BCUT2D eigenvalue weighted by Gasteiger charge is -2.14. The molecule has 318 valence electrons. The molecule has 8 nitrogen and oxygen atoms in total. The molecule has 0 unspecified atom stereocenters. The van der Waals surface area contributed by atoms with E-state index in [2.05, 4.69) is 162 Å². The van der Waals surface area contributed by atoms with Gasteiger partial charge in [0.2, 0.25) is 5.69 Å². The third kappa shape index (κ3) is 6.06. The van der Waals surface area contributed by atoms with Crippen LogP contribution in [0.5, 0.6) is 0 Å². The summed E-state index contributed by atoms with van der Waals surface area (Å²) in [7, 11) is 0. The molecule has 13 aromatic rings. The molecule has 4 heterocycles. The van der Waals surface area contributed by atoms with Gasteiger partial charge in [-0.3, -0.25) is 0 Å². The predicted octanol–water partition coefficient (Wildman–Crippen LogP) is 16.4. The second kappa shape index (κ2) is 15.5. The average molecular weight is 879 g/mol. The van der Waals surface area contributed by atoms with Gasteiger partial charge in [-0.05, 0) is 84.4 Å². The molecule has 0 saturated carbocycles. The highest BCUT2D eigenvalue weighted by molar-refractivity contribution is 6.14. The third-order valence-electron chi connectivity index (χ3n) is 13.3. The van der Waals surface area contributed by atoms with E-state index in [4.69, 9.17) is 29.7 Å². The van der Waals surface area contributed by atoms with E-state index in [1.54, 1.807) is 12.1 Å². The van der Waals surface area contributed by atoms with Crippen LogP contribution >= 0.6 is 0 Å². The van der Waals surface area contributed by atoms with Gasteiger partial charge in [0.05, 0.1) is 69.9 Å².